The summed E-state index contributed by atoms with van der Waals surface area (Å²) in [6, 6.07) is -0.843. The van der Waals surface area contributed by atoms with Gasteiger partial charge in [0.15, 0.2) is 0 Å². The SMILES string of the molecule is CC1CCC(OC(=O)C(N)CCS(C)(=O)=O)CC1C. The molecule has 4 unspecified atom stereocenters. The number of nitrogens with two attached hydrogens (primary N) is 1. The molecule has 0 aromatic heterocycles. The highest BCUT2D eigenvalue weighted by molar-refractivity contribution is 7.90. The second-order valence-corrected chi connectivity index (χ2v) is 8.11. The predicted molar refractivity (Wildman–Crippen MR) is 74.4 cm³/mol. The van der Waals surface area contributed by atoms with Crippen LogP contribution in [0.5, 0.6) is 0 Å². The molecule has 1 rings (SSSR count). The van der Waals surface area contributed by atoms with Crippen LogP contribution < -0.4 is 5.73 Å². The fraction of sp³-hybridized carbons (Fsp3) is 0.923. The van der Waals surface area contributed by atoms with Gasteiger partial charge < -0.3 is 10.5 Å². The van der Waals surface area contributed by atoms with Crippen LogP contribution in [0.25, 0.3) is 0 Å². The Morgan fingerprint density at radius 1 is 1.32 bits per heavy atom. The van der Waals surface area contributed by atoms with Crippen LogP contribution in [0.3, 0.4) is 0 Å². The van der Waals surface area contributed by atoms with E-state index in [-0.39, 0.29) is 18.3 Å². The lowest BCUT2D eigenvalue weighted by Crippen LogP contribution is -2.38. The van der Waals surface area contributed by atoms with Crippen LogP contribution in [0.15, 0.2) is 0 Å². The Kier molecular flexibility index (Phi) is 5.80. The molecule has 0 bridgehead atoms. The first-order chi connectivity index (χ1) is 8.69. The fourth-order valence-corrected chi connectivity index (χ4v) is 3.00. The molecule has 0 saturated heterocycles. The minimum absolute atomic E-state index is 0.0667. The van der Waals surface area contributed by atoms with Gasteiger partial charge >= 0.3 is 5.97 Å². The number of carbonyl (C=O) groups excluding carboxylic acids is 1. The maximum absolute atomic E-state index is 11.8. The predicted octanol–water partition coefficient (Wildman–Crippen LogP) is 1.12. The molecule has 0 aromatic rings. The summed E-state index contributed by atoms with van der Waals surface area (Å²) in [6.07, 6.45) is 3.98. The van der Waals surface area contributed by atoms with Crippen LogP contribution in [0.2, 0.25) is 0 Å². The number of rotatable bonds is 5. The lowest BCUT2D eigenvalue weighted by molar-refractivity contribution is -0.153. The second-order valence-electron chi connectivity index (χ2n) is 5.85. The topological polar surface area (TPSA) is 86.5 Å². The molecule has 4 atom stereocenters. The minimum Gasteiger partial charge on any atom is -0.461 e. The van der Waals surface area contributed by atoms with Gasteiger partial charge in [0.25, 0.3) is 0 Å². The molecule has 6 heteroatoms. The molecule has 0 heterocycles. The van der Waals surface area contributed by atoms with Crippen molar-refractivity contribution in [2.45, 2.75) is 51.7 Å². The van der Waals surface area contributed by atoms with Gasteiger partial charge in [0.1, 0.15) is 22.0 Å². The Hall–Kier alpha value is -0.620. The lowest BCUT2D eigenvalue weighted by Gasteiger charge is -2.32. The van der Waals surface area contributed by atoms with Crippen LogP contribution in [-0.4, -0.2) is 38.5 Å². The molecule has 0 aliphatic heterocycles. The standard InChI is InChI=1S/C13H25NO4S/c1-9-4-5-11(8-10(9)2)18-13(15)12(14)6-7-19(3,16)17/h9-12H,4-8,14H2,1-3H3. The van der Waals surface area contributed by atoms with Crippen molar-refractivity contribution in [1.82, 2.24) is 0 Å². The van der Waals surface area contributed by atoms with Crippen LogP contribution >= 0.6 is 0 Å². The van der Waals surface area contributed by atoms with Crippen LogP contribution in [-0.2, 0) is 19.4 Å². The summed E-state index contributed by atoms with van der Waals surface area (Å²) in [5.41, 5.74) is 5.66. The quantitative estimate of drug-likeness (QED) is 0.767. The van der Waals surface area contributed by atoms with Gasteiger partial charge in [-0.05, 0) is 37.5 Å². The van der Waals surface area contributed by atoms with E-state index in [9.17, 15) is 13.2 Å². The fourth-order valence-electron chi connectivity index (χ4n) is 2.32. The summed E-state index contributed by atoms with van der Waals surface area (Å²) in [6.45, 7) is 4.37. The van der Waals surface area contributed by atoms with Gasteiger partial charge in [-0.1, -0.05) is 13.8 Å². The van der Waals surface area contributed by atoms with E-state index in [2.05, 4.69) is 13.8 Å². The molecule has 2 N–H and O–H groups in total. The van der Waals surface area contributed by atoms with Crippen LogP contribution in [0, 0.1) is 11.8 Å². The summed E-state index contributed by atoms with van der Waals surface area (Å²) >= 11 is 0. The van der Waals surface area contributed by atoms with Gasteiger partial charge in [-0.25, -0.2) is 8.42 Å². The van der Waals surface area contributed by atoms with E-state index in [1.54, 1.807) is 0 Å². The summed E-state index contributed by atoms with van der Waals surface area (Å²) in [7, 11) is -3.09. The maximum atomic E-state index is 11.8. The molecule has 112 valence electrons. The average molecular weight is 291 g/mol. The van der Waals surface area contributed by atoms with Gasteiger partial charge in [0.05, 0.1) is 5.75 Å². The third kappa shape index (κ3) is 5.91. The summed E-state index contributed by atoms with van der Waals surface area (Å²) in [4.78, 5) is 11.8. The van der Waals surface area contributed by atoms with Crippen molar-refractivity contribution < 1.29 is 17.9 Å². The Balaban J connectivity index is 2.38. The first-order valence-electron chi connectivity index (χ1n) is 6.83. The molecule has 19 heavy (non-hydrogen) atoms. The zero-order valence-corrected chi connectivity index (χ0v) is 12.8. The molecule has 1 aliphatic carbocycles. The lowest BCUT2D eigenvalue weighted by atomic mass is 9.80. The highest BCUT2D eigenvalue weighted by atomic mass is 32.2. The number of hydrogen-bond acceptors (Lipinski definition) is 5. The maximum Gasteiger partial charge on any atom is 0.323 e. The molecule has 1 aliphatic rings. The van der Waals surface area contributed by atoms with Crippen molar-refractivity contribution >= 4 is 15.8 Å². The molecule has 1 saturated carbocycles. The largest absolute Gasteiger partial charge is 0.461 e. The van der Waals surface area contributed by atoms with Gasteiger partial charge in [-0.15, -0.1) is 0 Å². The molecule has 5 nitrogen and oxygen atoms in total. The van der Waals surface area contributed by atoms with E-state index in [1.165, 1.54) is 0 Å². The third-order valence-electron chi connectivity index (χ3n) is 3.94. The van der Waals surface area contributed by atoms with Crippen LogP contribution in [0.1, 0.15) is 39.5 Å². The van der Waals surface area contributed by atoms with Gasteiger partial charge in [-0.3, -0.25) is 4.79 Å². The van der Waals surface area contributed by atoms with Crippen molar-refractivity contribution in [3.63, 3.8) is 0 Å². The number of hydrogen-bond donors (Lipinski definition) is 1. The van der Waals surface area contributed by atoms with Crippen molar-refractivity contribution in [2.24, 2.45) is 17.6 Å². The smallest absolute Gasteiger partial charge is 0.323 e. The third-order valence-corrected chi connectivity index (χ3v) is 4.91. The number of ether oxygens (including phenoxy) is 1. The molecule has 1 fully saturated rings. The number of esters is 1. The summed E-state index contributed by atoms with van der Waals surface area (Å²) in [5, 5.41) is 0. The van der Waals surface area contributed by atoms with Gasteiger partial charge in [0.2, 0.25) is 0 Å². The molecule has 0 aromatic carbocycles. The first-order valence-corrected chi connectivity index (χ1v) is 8.89. The summed E-state index contributed by atoms with van der Waals surface area (Å²) < 4.78 is 27.4. The van der Waals surface area contributed by atoms with Crippen molar-refractivity contribution in [3.05, 3.63) is 0 Å². The second kappa shape index (κ2) is 6.70. The number of sulfone groups is 1. The molecule has 0 amide bonds. The first kappa shape index (κ1) is 16.4. The zero-order chi connectivity index (χ0) is 14.6. The Bertz CT molecular complexity index is 407. The Morgan fingerprint density at radius 3 is 2.47 bits per heavy atom. The van der Waals surface area contributed by atoms with Gasteiger partial charge in [-0.2, -0.15) is 0 Å². The van der Waals surface area contributed by atoms with E-state index >= 15 is 0 Å². The molecular weight excluding hydrogens is 266 g/mol. The normalized spacial score (nSPS) is 29.8. The van der Waals surface area contributed by atoms with Crippen molar-refractivity contribution in [2.75, 3.05) is 12.0 Å². The Labute approximate surface area is 115 Å². The highest BCUT2D eigenvalue weighted by Gasteiger charge is 2.28. The van der Waals surface area contributed by atoms with Gasteiger partial charge in [0, 0.05) is 6.26 Å². The minimum atomic E-state index is -3.09. The van der Waals surface area contributed by atoms with E-state index in [0.29, 0.717) is 11.8 Å². The zero-order valence-electron chi connectivity index (χ0n) is 12.0. The Morgan fingerprint density at radius 2 is 1.95 bits per heavy atom. The average Bonchev–Trinajstić information content (AvgIpc) is 2.29. The van der Waals surface area contributed by atoms with Crippen molar-refractivity contribution in [1.29, 1.82) is 0 Å². The van der Waals surface area contributed by atoms with E-state index < -0.39 is 21.8 Å². The summed E-state index contributed by atoms with van der Waals surface area (Å²) in [5.74, 6) is 0.643. The highest BCUT2D eigenvalue weighted by Crippen LogP contribution is 2.31. The molecular formula is C13H25NO4S. The van der Waals surface area contributed by atoms with E-state index in [4.69, 9.17) is 10.5 Å². The monoisotopic (exact) mass is 291 g/mol. The van der Waals surface area contributed by atoms with Crippen LogP contribution in [0.4, 0.5) is 0 Å². The molecule has 0 spiro atoms. The molecule has 0 radical (unpaired) electrons. The van der Waals surface area contributed by atoms with E-state index in [1.807, 2.05) is 0 Å². The van der Waals surface area contributed by atoms with E-state index in [0.717, 1.165) is 25.5 Å². The number of carbonyl (C=O) groups is 1. The van der Waals surface area contributed by atoms with Crippen molar-refractivity contribution in [3.8, 4) is 0 Å².